The largest absolute Gasteiger partial charge is 0.367 e. The predicted octanol–water partition coefficient (Wildman–Crippen LogP) is 4.30. The topological polar surface area (TPSA) is 18.5 Å². The van der Waals surface area contributed by atoms with E-state index in [1.165, 1.54) is 20.5 Å². The summed E-state index contributed by atoms with van der Waals surface area (Å²) in [6.45, 7) is 15.1. The first-order chi connectivity index (χ1) is 10.1. The fourth-order valence-electron chi connectivity index (χ4n) is 1.73. The van der Waals surface area contributed by atoms with E-state index in [0.717, 1.165) is 26.1 Å². The molecular formula is C14H34O2S4Si2. The van der Waals surface area contributed by atoms with Crippen LogP contribution in [0.4, 0.5) is 0 Å². The Morgan fingerprint density at radius 1 is 0.773 bits per heavy atom. The first-order valence-corrected chi connectivity index (χ1v) is 14.9. The second kappa shape index (κ2) is 12.2. The third-order valence-corrected chi connectivity index (χ3v) is 9.99. The van der Waals surface area contributed by atoms with E-state index in [1.54, 1.807) is 0 Å². The Bertz CT molecular complexity index is 255. The molecule has 0 rings (SSSR count). The van der Waals surface area contributed by atoms with Gasteiger partial charge in [0, 0.05) is 33.7 Å². The zero-order valence-electron chi connectivity index (χ0n) is 15.4. The smallest absolute Gasteiger partial charge is 0.114 e. The van der Waals surface area contributed by atoms with Crippen LogP contribution in [0.25, 0.3) is 0 Å². The number of ether oxygens (including phenoxy) is 2. The molecule has 0 aromatic heterocycles. The first kappa shape index (κ1) is 23.8. The Balaban J connectivity index is 4.12. The Kier molecular flexibility index (Phi) is 13.1. The summed E-state index contributed by atoms with van der Waals surface area (Å²) in [7, 11) is 9.82. The van der Waals surface area contributed by atoms with Gasteiger partial charge in [-0.15, -0.1) is 0 Å². The summed E-state index contributed by atoms with van der Waals surface area (Å²) in [4.78, 5) is 0. The van der Waals surface area contributed by atoms with Crippen molar-refractivity contribution in [3.05, 3.63) is 0 Å². The Hall–Kier alpha value is 1.75. The van der Waals surface area contributed by atoms with Crippen molar-refractivity contribution < 1.29 is 9.47 Å². The summed E-state index contributed by atoms with van der Waals surface area (Å²) in [6.07, 6.45) is 2.27. The molecule has 2 nitrogen and oxygen atoms in total. The van der Waals surface area contributed by atoms with E-state index in [-0.39, 0.29) is 0 Å². The molecule has 0 N–H and O–H groups in total. The van der Waals surface area contributed by atoms with Crippen molar-refractivity contribution in [1.82, 2.24) is 0 Å². The van der Waals surface area contributed by atoms with Gasteiger partial charge in [0.25, 0.3) is 0 Å². The van der Waals surface area contributed by atoms with Crippen LogP contribution in [-0.4, -0.2) is 44.6 Å². The molecule has 0 aromatic rings. The van der Waals surface area contributed by atoms with Crippen LogP contribution in [0, 0.1) is 0 Å². The molecule has 22 heavy (non-hydrogen) atoms. The van der Waals surface area contributed by atoms with Crippen molar-refractivity contribution in [3.63, 3.8) is 0 Å². The van der Waals surface area contributed by atoms with Crippen LogP contribution in [-0.2, 0) is 9.47 Å². The molecular weight excluding hydrogens is 385 g/mol. The zero-order valence-corrected chi connectivity index (χ0v) is 22.7. The van der Waals surface area contributed by atoms with Crippen molar-refractivity contribution in [2.24, 2.45) is 0 Å². The monoisotopic (exact) mass is 418 g/mol. The van der Waals surface area contributed by atoms with E-state index in [2.05, 4.69) is 41.5 Å². The van der Waals surface area contributed by atoms with Gasteiger partial charge in [-0.3, -0.25) is 0 Å². The lowest BCUT2D eigenvalue weighted by Crippen LogP contribution is -2.16. The van der Waals surface area contributed by atoms with Crippen LogP contribution in [0.1, 0.15) is 54.4 Å². The molecule has 0 aliphatic carbocycles. The molecule has 0 spiro atoms. The van der Waals surface area contributed by atoms with Crippen LogP contribution in [0.3, 0.4) is 0 Å². The molecule has 0 heterocycles. The average Bonchev–Trinajstić information content (AvgIpc) is 2.31. The Morgan fingerprint density at radius 2 is 1.09 bits per heavy atom. The van der Waals surface area contributed by atoms with Gasteiger partial charge in [-0.05, 0) is 78.0 Å². The molecule has 134 valence electrons. The highest BCUT2D eigenvalue weighted by molar-refractivity contribution is 9.26. The first-order valence-electron chi connectivity index (χ1n) is 7.96. The van der Waals surface area contributed by atoms with E-state index in [4.69, 9.17) is 9.47 Å². The van der Waals surface area contributed by atoms with Gasteiger partial charge < -0.3 is 9.47 Å². The summed E-state index contributed by atoms with van der Waals surface area (Å²) in [5.41, 5.74) is 0.604. The van der Waals surface area contributed by atoms with Crippen molar-refractivity contribution in [2.75, 3.05) is 13.2 Å². The maximum absolute atomic E-state index is 5.87. The molecule has 0 saturated heterocycles. The average molecular weight is 419 g/mol. The summed E-state index contributed by atoms with van der Waals surface area (Å²) < 4.78 is 11.7. The maximum atomic E-state index is 5.87. The minimum Gasteiger partial charge on any atom is -0.367 e. The zero-order chi connectivity index (χ0) is 17.2. The van der Waals surface area contributed by atoms with Crippen LogP contribution in [0.15, 0.2) is 0 Å². The quantitative estimate of drug-likeness (QED) is 0.191. The highest BCUT2D eigenvalue weighted by Gasteiger charge is 2.22. The molecule has 0 aromatic carbocycles. The summed E-state index contributed by atoms with van der Waals surface area (Å²) in [5, 5.41) is 0.881. The van der Waals surface area contributed by atoms with Gasteiger partial charge in [-0.1, -0.05) is 27.7 Å². The number of hydrogen-bond donors (Lipinski definition) is 0. The Labute approximate surface area is 159 Å². The maximum Gasteiger partial charge on any atom is 0.114 e. The SMILES string of the molecule is CCOC(CC(C)(C)[SiH3])SSSSC(CC(C)(C)[SiH3])OCC. The van der Waals surface area contributed by atoms with Crippen molar-refractivity contribution in [3.8, 4) is 0 Å². The fourth-order valence-corrected chi connectivity index (χ4v) is 10.2. The highest BCUT2D eigenvalue weighted by Crippen LogP contribution is 2.50. The molecule has 2 unspecified atom stereocenters. The fraction of sp³-hybridized carbons (Fsp3) is 1.00. The lowest BCUT2D eigenvalue weighted by molar-refractivity contribution is 0.113. The third kappa shape index (κ3) is 15.3. The van der Waals surface area contributed by atoms with Gasteiger partial charge in [0.05, 0.1) is 0 Å². The van der Waals surface area contributed by atoms with E-state index in [1.807, 2.05) is 41.2 Å². The summed E-state index contributed by atoms with van der Waals surface area (Å²) >= 11 is 0. The third-order valence-electron chi connectivity index (χ3n) is 2.58. The van der Waals surface area contributed by atoms with Gasteiger partial charge >= 0.3 is 0 Å². The van der Waals surface area contributed by atoms with E-state index in [0.29, 0.717) is 20.9 Å². The van der Waals surface area contributed by atoms with Gasteiger partial charge in [0.1, 0.15) is 10.9 Å². The van der Waals surface area contributed by atoms with E-state index < -0.39 is 0 Å². The van der Waals surface area contributed by atoms with Crippen molar-refractivity contribution >= 4 is 61.7 Å². The van der Waals surface area contributed by atoms with Crippen LogP contribution in [0.2, 0.25) is 10.1 Å². The molecule has 0 saturated carbocycles. The van der Waals surface area contributed by atoms with Gasteiger partial charge in [0.2, 0.25) is 0 Å². The highest BCUT2D eigenvalue weighted by atomic mass is 33.7. The molecule has 0 radical (unpaired) electrons. The minimum atomic E-state index is 0.302. The standard InChI is InChI=1S/C14H34O2S4Si2/c1-7-15-11(9-13(3,4)21)17-19-20-18-12(16-8-2)10-14(5,6)22/h11-12H,7-10H2,1-6,21-22H3. The molecule has 0 aliphatic heterocycles. The Morgan fingerprint density at radius 3 is 1.32 bits per heavy atom. The summed E-state index contributed by atoms with van der Waals surface area (Å²) in [5.74, 6) is 0. The van der Waals surface area contributed by atoms with Crippen molar-refractivity contribution in [1.29, 1.82) is 0 Å². The molecule has 0 fully saturated rings. The lowest BCUT2D eigenvalue weighted by Gasteiger charge is -2.26. The van der Waals surface area contributed by atoms with Crippen LogP contribution < -0.4 is 0 Å². The predicted molar refractivity (Wildman–Crippen MR) is 118 cm³/mol. The number of hydrogen-bond acceptors (Lipinski definition) is 6. The molecule has 0 bridgehead atoms. The normalized spacial score (nSPS) is 16.1. The lowest BCUT2D eigenvalue weighted by atomic mass is 10.1. The van der Waals surface area contributed by atoms with E-state index in [9.17, 15) is 0 Å². The molecule has 8 heteroatoms. The minimum absolute atomic E-state index is 0.302. The van der Waals surface area contributed by atoms with Crippen LogP contribution >= 0.6 is 41.2 Å². The molecule has 0 aliphatic rings. The second-order valence-corrected chi connectivity index (χ2v) is 19.2. The van der Waals surface area contributed by atoms with E-state index >= 15 is 0 Å². The van der Waals surface area contributed by atoms with Gasteiger partial charge in [-0.25, -0.2) is 0 Å². The van der Waals surface area contributed by atoms with Gasteiger partial charge in [-0.2, -0.15) is 0 Å². The summed E-state index contributed by atoms with van der Waals surface area (Å²) in [6, 6.07) is 0. The molecule has 2 atom stereocenters. The second-order valence-electron chi connectivity index (χ2n) is 7.63. The number of rotatable bonds is 13. The van der Waals surface area contributed by atoms with Crippen LogP contribution in [0.5, 0.6) is 0 Å². The van der Waals surface area contributed by atoms with Gasteiger partial charge in [0.15, 0.2) is 0 Å². The molecule has 0 amide bonds. The van der Waals surface area contributed by atoms with Crippen molar-refractivity contribution in [2.45, 2.75) is 75.3 Å².